The normalized spacial score (nSPS) is 23.3. The Balaban J connectivity index is 1.54. The van der Waals surface area contributed by atoms with Gasteiger partial charge in [-0.3, -0.25) is 19.3 Å². The van der Waals surface area contributed by atoms with Crippen LogP contribution in [0, 0.1) is 24.7 Å². The van der Waals surface area contributed by atoms with E-state index in [1.165, 1.54) is 4.90 Å². The number of halogens is 1. The first-order valence-corrected chi connectivity index (χ1v) is 9.96. The second-order valence-electron chi connectivity index (χ2n) is 7.63. The zero-order valence-electron chi connectivity index (χ0n) is 16.2. The van der Waals surface area contributed by atoms with Gasteiger partial charge in [-0.25, -0.2) is 0 Å². The minimum Gasteiger partial charge on any atom is -0.322 e. The zero-order chi connectivity index (χ0) is 20.7. The summed E-state index contributed by atoms with van der Waals surface area (Å²) in [6, 6.07) is 11.8. The Morgan fingerprint density at radius 3 is 2.52 bits per heavy atom. The molecule has 29 heavy (non-hydrogen) atoms. The van der Waals surface area contributed by atoms with E-state index in [0.29, 0.717) is 28.4 Å². The van der Waals surface area contributed by atoms with Crippen molar-refractivity contribution in [2.75, 3.05) is 10.2 Å². The van der Waals surface area contributed by atoms with Crippen LogP contribution in [0.4, 0.5) is 11.4 Å². The van der Waals surface area contributed by atoms with Crippen molar-refractivity contribution < 1.29 is 14.4 Å². The minimum absolute atomic E-state index is 0.0428. The molecule has 2 aromatic carbocycles. The van der Waals surface area contributed by atoms with Gasteiger partial charge in [-0.2, -0.15) is 0 Å². The molecule has 3 amide bonds. The fourth-order valence-corrected chi connectivity index (χ4v) is 4.26. The lowest BCUT2D eigenvalue weighted by Crippen LogP contribution is -2.31. The van der Waals surface area contributed by atoms with Crippen LogP contribution < -0.4 is 10.2 Å². The molecular weight excluding hydrogens is 388 g/mol. The van der Waals surface area contributed by atoms with Crippen molar-refractivity contribution in [1.29, 1.82) is 0 Å². The Bertz CT molecular complexity index is 1030. The first-order chi connectivity index (χ1) is 13.9. The van der Waals surface area contributed by atoms with Gasteiger partial charge in [0.1, 0.15) is 0 Å². The molecule has 2 aliphatic rings. The average Bonchev–Trinajstić information content (AvgIpc) is 2.96. The molecule has 2 aromatic rings. The Labute approximate surface area is 174 Å². The van der Waals surface area contributed by atoms with Crippen LogP contribution in [-0.2, 0) is 9.59 Å². The number of carbonyl (C=O) groups is 3. The van der Waals surface area contributed by atoms with Gasteiger partial charge in [-0.05, 0) is 61.2 Å². The summed E-state index contributed by atoms with van der Waals surface area (Å²) in [5, 5.41) is 3.38. The van der Waals surface area contributed by atoms with Gasteiger partial charge in [-0.1, -0.05) is 36.7 Å². The van der Waals surface area contributed by atoms with Crippen LogP contribution in [0.5, 0.6) is 0 Å². The topological polar surface area (TPSA) is 66.5 Å². The third-order valence-corrected chi connectivity index (χ3v) is 5.94. The number of hydrogen-bond donors (Lipinski definition) is 1. The summed E-state index contributed by atoms with van der Waals surface area (Å²) >= 11 is 6.00. The number of imide groups is 1. The number of benzene rings is 2. The molecule has 0 unspecified atom stereocenters. The van der Waals surface area contributed by atoms with Crippen LogP contribution in [0.2, 0.25) is 5.02 Å². The van der Waals surface area contributed by atoms with Gasteiger partial charge in [-0.15, -0.1) is 0 Å². The van der Waals surface area contributed by atoms with Crippen LogP contribution in [0.15, 0.2) is 54.6 Å². The third-order valence-electron chi connectivity index (χ3n) is 5.71. The van der Waals surface area contributed by atoms with Crippen molar-refractivity contribution in [1.82, 2.24) is 0 Å². The maximum Gasteiger partial charge on any atom is 0.255 e. The number of allylic oxidation sites excluding steroid dienone is 2. The molecule has 4 rings (SSSR count). The molecule has 0 aromatic heterocycles. The van der Waals surface area contributed by atoms with E-state index in [1.807, 2.05) is 32.1 Å². The Kier molecular flexibility index (Phi) is 5.01. The molecule has 3 atom stereocenters. The third kappa shape index (κ3) is 3.47. The van der Waals surface area contributed by atoms with Gasteiger partial charge in [0.15, 0.2) is 0 Å². The smallest absolute Gasteiger partial charge is 0.255 e. The van der Waals surface area contributed by atoms with E-state index in [2.05, 4.69) is 5.32 Å². The number of nitrogens with one attached hydrogen (secondary N) is 1. The quantitative estimate of drug-likeness (QED) is 0.596. The highest BCUT2D eigenvalue weighted by atomic mass is 35.5. The van der Waals surface area contributed by atoms with Crippen molar-refractivity contribution in [3.8, 4) is 0 Å². The van der Waals surface area contributed by atoms with Crippen molar-refractivity contribution in [3.05, 3.63) is 70.8 Å². The lowest BCUT2D eigenvalue weighted by Gasteiger charge is -2.22. The largest absolute Gasteiger partial charge is 0.322 e. The van der Waals surface area contributed by atoms with E-state index < -0.39 is 0 Å². The van der Waals surface area contributed by atoms with Crippen LogP contribution in [0.3, 0.4) is 0 Å². The predicted molar refractivity (Wildman–Crippen MR) is 113 cm³/mol. The Morgan fingerprint density at radius 1 is 1.10 bits per heavy atom. The molecule has 1 N–H and O–H groups in total. The summed E-state index contributed by atoms with van der Waals surface area (Å²) in [4.78, 5) is 39.5. The van der Waals surface area contributed by atoms with Crippen LogP contribution in [-0.4, -0.2) is 17.7 Å². The van der Waals surface area contributed by atoms with Crippen LogP contribution in [0.25, 0.3) is 0 Å². The van der Waals surface area contributed by atoms with Gasteiger partial charge in [0.05, 0.1) is 17.5 Å². The minimum atomic E-state index is -0.304. The Hall–Kier alpha value is -2.92. The second-order valence-corrected chi connectivity index (χ2v) is 8.06. The van der Waals surface area contributed by atoms with Crippen molar-refractivity contribution in [2.24, 2.45) is 17.8 Å². The summed E-state index contributed by atoms with van der Waals surface area (Å²) in [6.07, 6.45) is 4.57. The number of fused-ring (bicyclic) bond motifs is 1. The molecule has 1 aliphatic heterocycles. The van der Waals surface area contributed by atoms with E-state index in [4.69, 9.17) is 11.6 Å². The van der Waals surface area contributed by atoms with E-state index >= 15 is 0 Å². The number of carbonyl (C=O) groups excluding carboxylic acids is 3. The maximum absolute atomic E-state index is 12.9. The molecule has 0 saturated carbocycles. The molecule has 6 heteroatoms. The van der Waals surface area contributed by atoms with E-state index in [0.717, 1.165) is 5.56 Å². The van der Waals surface area contributed by atoms with Gasteiger partial charge >= 0.3 is 0 Å². The molecular formula is C23H21ClN2O3. The highest BCUT2D eigenvalue weighted by Gasteiger charge is 2.50. The number of anilines is 2. The lowest BCUT2D eigenvalue weighted by atomic mass is 9.78. The fourth-order valence-electron chi connectivity index (χ4n) is 4.09. The molecule has 1 fully saturated rings. The number of rotatable bonds is 3. The molecule has 0 spiro atoms. The molecule has 0 bridgehead atoms. The maximum atomic E-state index is 12.9. The second kappa shape index (κ2) is 7.48. The fraction of sp³-hybridized carbons (Fsp3) is 0.261. The van der Waals surface area contributed by atoms with Gasteiger partial charge in [0.25, 0.3) is 5.91 Å². The van der Waals surface area contributed by atoms with Crippen LogP contribution >= 0.6 is 11.6 Å². The first kappa shape index (κ1) is 19.4. The summed E-state index contributed by atoms with van der Waals surface area (Å²) < 4.78 is 0. The zero-order valence-corrected chi connectivity index (χ0v) is 16.9. The van der Waals surface area contributed by atoms with Crippen molar-refractivity contribution in [3.63, 3.8) is 0 Å². The van der Waals surface area contributed by atoms with E-state index in [9.17, 15) is 14.4 Å². The highest BCUT2D eigenvalue weighted by molar-refractivity contribution is 6.31. The molecule has 1 aliphatic carbocycles. The Morgan fingerprint density at radius 2 is 1.83 bits per heavy atom. The standard InChI is InChI=1S/C23H21ClN2O3/c1-13-6-9-16(24)12-19(13)25-21(27)15-7-10-17(11-8-15)26-22(28)18-5-3-4-14(2)20(18)23(26)29/h3-4,6-12,14,18,20H,5H2,1-2H3,(H,25,27)/t14-,18-,20-/m0/s1. The average molecular weight is 409 g/mol. The van der Waals surface area contributed by atoms with Crippen molar-refractivity contribution in [2.45, 2.75) is 20.3 Å². The molecule has 1 heterocycles. The van der Waals surface area contributed by atoms with E-state index in [1.54, 1.807) is 36.4 Å². The lowest BCUT2D eigenvalue weighted by molar-refractivity contribution is -0.122. The molecule has 5 nitrogen and oxygen atoms in total. The highest BCUT2D eigenvalue weighted by Crippen LogP contribution is 2.40. The van der Waals surface area contributed by atoms with Crippen LogP contribution in [0.1, 0.15) is 29.3 Å². The number of nitrogens with zero attached hydrogens (tertiary/aromatic N) is 1. The predicted octanol–water partition coefficient (Wildman–Crippen LogP) is 4.60. The van der Waals surface area contributed by atoms with Gasteiger partial charge in [0, 0.05) is 16.3 Å². The summed E-state index contributed by atoms with van der Waals surface area (Å²) in [5.41, 5.74) is 2.47. The van der Waals surface area contributed by atoms with Gasteiger partial charge < -0.3 is 5.32 Å². The summed E-state index contributed by atoms with van der Waals surface area (Å²) in [7, 11) is 0. The first-order valence-electron chi connectivity index (χ1n) is 9.59. The SMILES string of the molecule is Cc1ccc(Cl)cc1NC(=O)c1ccc(N2C(=O)[C@@H]3[C@H](CC=C[C@@H]3C)C2=O)cc1. The molecule has 0 radical (unpaired) electrons. The summed E-state index contributed by atoms with van der Waals surface area (Å²) in [5.74, 6) is -1.17. The monoisotopic (exact) mass is 408 g/mol. The number of amides is 3. The number of aryl methyl sites for hydroxylation is 1. The van der Waals surface area contributed by atoms with Gasteiger partial charge in [0.2, 0.25) is 11.8 Å². The summed E-state index contributed by atoms with van der Waals surface area (Å²) in [6.45, 7) is 3.85. The molecule has 1 saturated heterocycles. The molecule has 148 valence electrons. The number of hydrogen-bond acceptors (Lipinski definition) is 3. The van der Waals surface area contributed by atoms with Crippen molar-refractivity contribution >= 4 is 40.7 Å². The van der Waals surface area contributed by atoms with E-state index in [-0.39, 0.29) is 35.5 Å².